The molecule has 1 saturated heterocycles. The average molecular weight is 320 g/mol. The first-order valence-electron chi connectivity index (χ1n) is 6.87. The van der Waals surface area contributed by atoms with Crippen molar-refractivity contribution in [2.45, 2.75) is 24.9 Å². The maximum atomic E-state index is 11.8. The molecule has 1 aromatic heterocycles. The van der Waals surface area contributed by atoms with Crippen molar-refractivity contribution in [3.05, 3.63) is 29.1 Å². The molecule has 0 spiro atoms. The number of aromatic nitrogens is 2. The molecule has 1 aliphatic rings. The van der Waals surface area contributed by atoms with Gasteiger partial charge >= 0.3 is 5.97 Å². The van der Waals surface area contributed by atoms with E-state index in [0.29, 0.717) is 34.5 Å². The Balaban J connectivity index is 2.18. The second kappa shape index (κ2) is 5.95. The van der Waals surface area contributed by atoms with E-state index in [1.165, 1.54) is 13.2 Å². The van der Waals surface area contributed by atoms with E-state index in [0.717, 1.165) is 13.0 Å². The number of benzene rings is 1. The smallest absolute Gasteiger partial charge is 0.337 e. The van der Waals surface area contributed by atoms with Crippen LogP contribution in [0.25, 0.3) is 11.0 Å². The van der Waals surface area contributed by atoms with E-state index in [2.05, 4.69) is 11.1 Å². The number of methoxy groups -OCH3 is 1. The molecule has 1 atom stereocenters. The molecule has 114 valence electrons. The van der Waals surface area contributed by atoms with E-state index in [4.69, 9.17) is 21.1 Å². The molecule has 7 heteroatoms. The fourth-order valence-electron chi connectivity index (χ4n) is 2.53. The van der Waals surface area contributed by atoms with Gasteiger partial charge in [-0.3, -0.25) is 0 Å². The van der Waals surface area contributed by atoms with E-state index in [1.807, 2.05) is 4.57 Å². The second-order valence-electron chi connectivity index (χ2n) is 5.05. The summed E-state index contributed by atoms with van der Waals surface area (Å²) in [6.45, 7) is 1.36. The Morgan fingerprint density at radius 1 is 1.64 bits per heavy atom. The maximum Gasteiger partial charge on any atom is 0.337 e. The highest BCUT2D eigenvalue weighted by Crippen LogP contribution is 2.25. The van der Waals surface area contributed by atoms with Gasteiger partial charge in [0, 0.05) is 6.61 Å². The molecule has 6 nitrogen and oxygen atoms in total. The van der Waals surface area contributed by atoms with Gasteiger partial charge in [-0.25, -0.2) is 9.78 Å². The van der Waals surface area contributed by atoms with Crippen molar-refractivity contribution in [3.8, 4) is 6.07 Å². The molecule has 1 aliphatic heterocycles. The standard InChI is InChI=1S/C15H14ClN3O3/c1-21-15(20)9-4-10(7-17)14-12(5-9)19(13(6-16)18-14)8-11-2-3-22-11/h4-5,11H,2-3,6,8H2,1H3/t11-/m0/s1. The number of rotatable bonds is 4. The SMILES string of the molecule is COC(=O)c1cc(C#N)c2nc(CCl)n(C[C@@H]3CCO3)c2c1. The van der Waals surface area contributed by atoms with E-state index >= 15 is 0 Å². The highest BCUT2D eigenvalue weighted by Gasteiger charge is 2.23. The lowest BCUT2D eigenvalue weighted by atomic mass is 10.1. The van der Waals surface area contributed by atoms with Gasteiger partial charge in [0.1, 0.15) is 17.4 Å². The van der Waals surface area contributed by atoms with Crippen molar-refractivity contribution in [2.24, 2.45) is 0 Å². The Morgan fingerprint density at radius 3 is 2.95 bits per heavy atom. The van der Waals surface area contributed by atoms with Crippen molar-refractivity contribution < 1.29 is 14.3 Å². The van der Waals surface area contributed by atoms with Gasteiger partial charge in [0.05, 0.1) is 42.3 Å². The first kappa shape index (κ1) is 14.8. The summed E-state index contributed by atoms with van der Waals surface area (Å²) >= 11 is 5.97. The van der Waals surface area contributed by atoms with Gasteiger partial charge in [-0.1, -0.05) is 0 Å². The summed E-state index contributed by atoms with van der Waals surface area (Å²) in [6.07, 6.45) is 1.09. The number of nitriles is 1. The molecule has 0 aliphatic carbocycles. The monoisotopic (exact) mass is 319 g/mol. The molecular weight excluding hydrogens is 306 g/mol. The Kier molecular flexibility index (Phi) is 4.01. The summed E-state index contributed by atoms with van der Waals surface area (Å²) < 4.78 is 12.1. The van der Waals surface area contributed by atoms with E-state index in [-0.39, 0.29) is 12.0 Å². The van der Waals surface area contributed by atoms with Gasteiger partial charge < -0.3 is 14.0 Å². The number of fused-ring (bicyclic) bond motifs is 1. The van der Waals surface area contributed by atoms with Gasteiger partial charge in [-0.2, -0.15) is 5.26 Å². The van der Waals surface area contributed by atoms with Crippen LogP contribution in [0.3, 0.4) is 0 Å². The minimum absolute atomic E-state index is 0.117. The van der Waals surface area contributed by atoms with Crippen LogP contribution >= 0.6 is 11.6 Å². The second-order valence-corrected chi connectivity index (χ2v) is 5.32. The highest BCUT2D eigenvalue weighted by molar-refractivity contribution is 6.17. The van der Waals surface area contributed by atoms with Crippen LogP contribution in [-0.2, 0) is 21.9 Å². The summed E-state index contributed by atoms with van der Waals surface area (Å²) in [4.78, 5) is 16.2. The fraction of sp³-hybridized carbons (Fsp3) is 0.400. The molecule has 1 fully saturated rings. The maximum absolute atomic E-state index is 11.8. The number of hydrogen-bond donors (Lipinski definition) is 0. The average Bonchev–Trinajstić information content (AvgIpc) is 2.86. The number of halogens is 1. The number of carbonyl (C=O) groups is 1. The number of nitrogens with zero attached hydrogens (tertiary/aromatic N) is 3. The molecule has 0 unspecified atom stereocenters. The van der Waals surface area contributed by atoms with Crippen LogP contribution in [0, 0.1) is 11.3 Å². The molecule has 3 rings (SSSR count). The lowest BCUT2D eigenvalue weighted by molar-refractivity contribution is -0.0589. The minimum atomic E-state index is -0.488. The predicted molar refractivity (Wildman–Crippen MR) is 79.7 cm³/mol. The largest absolute Gasteiger partial charge is 0.465 e. The lowest BCUT2D eigenvalue weighted by Crippen LogP contribution is -2.31. The fourth-order valence-corrected chi connectivity index (χ4v) is 2.73. The molecule has 0 saturated carbocycles. The Bertz CT molecular complexity index is 774. The molecule has 22 heavy (non-hydrogen) atoms. The summed E-state index contributed by atoms with van der Waals surface area (Å²) in [5.74, 6) is 0.393. The van der Waals surface area contributed by atoms with Crippen LogP contribution in [-0.4, -0.2) is 35.3 Å². The lowest BCUT2D eigenvalue weighted by Gasteiger charge is -2.27. The van der Waals surface area contributed by atoms with Gasteiger partial charge in [0.2, 0.25) is 0 Å². The molecule has 0 radical (unpaired) electrons. The topological polar surface area (TPSA) is 77.1 Å². The number of alkyl halides is 1. The molecule has 0 bridgehead atoms. The molecule has 1 aromatic carbocycles. The van der Waals surface area contributed by atoms with Crippen molar-refractivity contribution in [2.75, 3.05) is 13.7 Å². The molecular formula is C15H14ClN3O3. The number of carbonyl (C=O) groups excluding carboxylic acids is 1. The van der Waals surface area contributed by atoms with E-state index < -0.39 is 5.97 Å². The van der Waals surface area contributed by atoms with E-state index in [1.54, 1.807) is 6.07 Å². The van der Waals surface area contributed by atoms with Gasteiger partial charge in [-0.15, -0.1) is 11.6 Å². The van der Waals surface area contributed by atoms with Crippen molar-refractivity contribution in [3.63, 3.8) is 0 Å². The third-order valence-electron chi connectivity index (χ3n) is 3.77. The first-order chi connectivity index (χ1) is 10.7. The number of hydrogen-bond acceptors (Lipinski definition) is 5. The van der Waals surface area contributed by atoms with Crippen LogP contribution in [0.4, 0.5) is 0 Å². The predicted octanol–water partition coefficient (Wildman–Crippen LogP) is 2.22. The zero-order valence-corrected chi connectivity index (χ0v) is 12.8. The highest BCUT2D eigenvalue weighted by atomic mass is 35.5. The van der Waals surface area contributed by atoms with Crippen molar-refractivity contribution in [1.82, 2.24) is 9.55 Å². The minimum Gasteiger partial charge on any atom is -0.465 e. The van der Waals surface area contributed by atoms with Crippen molar-refractivity contribution >= 4 is 28.6 Å². The van der Waals surface area contributed by atoms with Gasteiger partial charge in [-0.05, 0) is 18.6 Å². The van der Waals surface area contributed by atoms with Crippen molar-refractivity contribution in [1.29, 1.82) is 5.26 Å². The zero-order valence-electron chi connectivity index (χ0n) is 12.0. The van der Waals surface area contributed by atoms with E-state index in [9.17, 15) is 10.1 Å². The summed E-state index contributed by atoms with van der Waals surface area (Å²) in [5.41, 5.74) is 1.90. The van der Waals surface area contributed by atoms with Crippen LogP contribution < -0.4 is 0 Å². The number of imidazole rings is 1. The number of ether oxygens (including phenoxy) is 2. The van der Waals surface area contributed by atoms with Crippen LogP contribution in [0.2, 0.25) is 0 Å². The Hall–Kier alpha value is -2.10. The van der Waals surface area contributed by atoms with Crippen LogP contribution in [0.1, 0.15) is 28.2 Å². The summed E-state index contributed by atoms with van der Waals surface area (Å²) in [7, 11) is 1.31. The normalized spacial score (nSPS) is 17.0. The van der Waals surface area contributed by atoms with Crippen LogP contribution in [0.5, 0.6) is 0 Å². The quantitative estimate of drug-likeness (QED) is 0.638. The molecule has 0 amide bonds. The van der Waals surface area contributed by atoms with Gasteiger partial charge in [0.15, 0.2) is 0 Å². The van der Waals surface area contributed by atoms with Crippen LogP contribution in [0.15, 0.2) is 12.1 Å². The summed E-state index contributed by atoms with van der Waals surface area (Å²) in [5, 5.41) is 9.32. The Labute approximate surface area is 132 Å². The Morgan fingerprint density at radius 2 is 2.41 bits per heavy atom. The van der Waals surface area contributed by atoms with Gasteiger partial charge in [0.25, 0.3) is 0 Å². The first-order valence-corrected chi connectivity index (χ1v) is 7.40. The molecule has 0 N–H and O–H groups in total. The molecule has 2 aromatic rings. The molecule has 2 heterocycles. The summed E-state index contributed by atoms with van der Waals surface area (Å²) in [6, 6.07) is 5.25. The number of esters is 1. The third-order valence-corrected chi connectivity index (χ3v) is 4.01. The third kappa shape index (κ3) is 2.43. The zero-order chi connectivity index (χ0) is 15.7.